The van der Waals surface area contributed by atoms with Crippen molar-refractivity contribution in [2.24, 2.45) is 4.99 Å². The Morgan fingerprint density at radius 1 is 1.25 bits per heavy atom. The highest BCUT2D eigenvalue weighted by Crippen LogP contribution is 2.24. The van der Waals surface area contributed by atoms with Gasteiger partial charge in [0.15, 0.2) is 5.96 Å². The van der Waals surface area contributed by atoms with Crippen LogP contribution in [-0.4, -0.2) is 44.1 Å². The number of hydrogen-bond donors (Lipinski definition) is 2. The van der Waals surface area contributed by atoms with E-state index in [1.807, 2.05) is 18.2 Å². The Kier molecular flexibility index (Phi) is 7.37. The molecule has 1 fully saturated rings. The molecule has 28 heavy (non-hydrogen) atoms. The fourth-order valence-electron chi connectivity index (χ4n) is 3.68. The standard InChI is InChI=1S/C22H32N4O2/c1-4-23-22(24-15-18-12-17(2)13-19(14-18)27-3)25-16-20(21-8-7-11-28-21)26-9-5-6-10-26/h7-8,11-14,20H,4-6,9-10,15-16H2,1-3H3,(H2,23,24,25). The topological polar surface area (TPSA) is 62.0 Å². The molecular weight excluding hydrogens is 352 g/mol. The van der Waals surface area contributed by atoms with Gasteiger partial charge in [-0.3, -0.25) is 4.90 Å². The first-order valence-electron chi connectivity index (χ1n) is 10.1. The lowest BCUT2D eigenvalue weighted by atomic mass is 10.1. The molecule has 0 radical (unpaired) electrons. The third-order valence-corrected chi connectivity index (χ3v) is 5.03. The van der Waals surface area contributed by atoms with Crippen molar-refractivity contribution >= 4 is 5.96 Å². The molecule has 1 aliphatic rings. The summed E-state index contributed by atoms with van der Waals surface area (Å²) >= 11 is 0. The van der Waals surface area contributed by atoms with E-state index < -0.39 is 0 Å². The van der Waals surface area contributed by atoms with Crippen molar-refractivity contribution in [3.05, 3.63) is 53.5 Å². The van der Waals surface area contributed by atoms with Gasteiger partial charge in [0.05, 0.1) is 26.0 Å². The Labute approximate surface area is 168 Å². The zero-order chi connectivity index (χ0) is 19.8. The van der Waals surface area contributed by atoms with Crippen LogP contribution in [-0.2, 0) is 6.54 Å². The molecule has 0 spiro atoms. The monoisotopic (exact) mass is 384 g/mol. The van der Waals surface area contributed by atoms with Gasteiger partial charge in [-0.15, -0.1) is 0 Å². The summed E-state index contributed by atoms with van der Waals surface area (Å²) in [6, 6.07) is 10.5. The Morgan fingerprint density at radius 3 is 2.75 bits per heavy atom. The summed E-state index contributed by atoms with van der Waals surface area (Å²) in [6.07, 6.45) is 4.25. The maximum Gasteiger partial charge on any atom is 0.191 e. The number of likely N-dealkylation sites (tertiary alicyclic amines) is 1. The van der Waals surface area contributed by atoms with Crippen LogP contribution in [0, 0.1) is 6.92 Å². The lowest BCUT2D eigenvalue weighted by Gasteiger charge is -2.26. The first-order chi connectivity index (χ1) is 13.7. The van der Waals surface area contributed by atoms with Crippen LogP contribution in [0.3, 0.4) is 0 Å². The van der Waals surface area contributed by atoms with E-state index in [0.29, 0.717) is 6.54 Å². The predicted octanol–water partition coefficient (Wildman–Crippen LogP) is 3.49. The van der Waals surface area contributed by atoms with Crippen LogP contribution in [0.1, 0.15) is 42.7 Å². The highest BCUT2D eigenvalue weighted by atomic mass is 16.5. The molecule has 0 amide bonds. The van der Waals surface area contributed by atoms with E-state index in [1.54, 1.807) is 13.4 Å². The minimum absolute atomic E-state index is 0.223. The predicted molar refractivity (Wildman–Crippen MR) is 113 cm³/mol. The van der Waals surface area contributed by atoms with Crippen molar-refractivity contribution in [1.82, 2.24) is 15.5 Å². The fraction of sp³-hybridized carbons (Fsp3) is 0.500. The lowest BCUT2D eigenvalue weighted by Crippen LogP contribution is -2.42. The van der Waals surface area contributed by atoms with Gasteiger partial charge in [-0.05, 0) is 75.2 Å². The molecule has 2 aromatic rings. The molecule has 6 nitrogen and oxygen atoms in total. The van der Waals surface area contributed by atoms with E-state index >= 15 is 0 Å². The number of aryl methyl sites for hydroxylation is 1. The van der Waals surface area contributed by atoms with Crippen LogP contribution in [0.4, 0.5) is 0 Å². The number of nitrogens with zero attached hydrogens (tertiary/aromatic N) is 2. The molecule has 1 atom stereocenters. The van der Waals surface area contributed by atoms with Gasteiger partial charge in [0.2, 0.25) is 0 Å². The molecule has 1 aromatic carbocycles. The molecular formula is C22H32N4O2. The molecule has 1 aliphatic heterocycles. The van der Waals surface area contributed by atoms with Gasteiger partial charge in [-0.25, -0.2) is 4.99 Å². The molecule has 2 heterocycles. The number of aliphatic imine (C=N–C) groups is 1. The Hall–Kier alpha value is -2.47. The summed E-state index contributed by atoms with van der Waals surface area (Å²) in [5.41, 5.74) is 2.31. The summed E-state index contributed by atoms with van der Waals surface area (Å²) in [5, 5.41) is 6.85. The number of nitrogens with one attached hydrogen (secondary N) is 2. The number of methoxy groups -OCH3 is 1. The van der Waals surface area contributed by atoms with Gasteiger partial charge in [-0.2, -0.15) is 0 Å². The van der Waals surface area contributed by atoms with Crippen LogP contribution in [0.2, 0.25) is 0 Å². The van der Waals surface area contributed by atoms with Gasteiger partial charge in [0.1, 0.15) is 11.5 Å². The number of rotatable bonds is 8. The summed E-state index contributed by atoms with van der Waals surface area (Å²) < 4.78 is 11.1. The molecule has 1 unspecified atom stereocenters. The largest absolute Gasteiger partial charge is 0.497 e. The third kappa shape index (κ3) is 5.52. The normalized spacial score (nSPS) is 16.2. The second-order valence-corrected chi connectivity index (χ2v) is 7.21. The molecule has 1 saturated heterocycles. The summed E-state index contributed by atoms with van der Waals surface area (Å²) in [4.78, 5) is 7.26. The number of benzene rings is 1. The highest BCUT2D eigenvalue weighted by Gasteiger charge is 2.25. The van der Waals surface area contributed by atoms with Gasteiger partial charge in [-0.1, -0.05) is 6.07 Å². The minimum atomic E-state index is 0.223. The van der Waals surface area contributed by atoms with Crippen LogP contribution in [0.25, 0.3) is 0 Å². The van der Waals surface area contributed by atoms with E-state index in [2.05, 4.69) is 41.5 Å². The number of hydrogen-bond acceptors (Lipinski definition) is 4. The van der Waals surface area contributed by atoms with E-state index in [-0.39, 0.29) is 6.04 Å². The maximum absolute atomic E-state index is 5.71. The van der Waals surface area contributed by atoms with E-state index in [1.165, 1.54) is 18.4 Å². The van der Waals surface area contributed by atoms with Crippen molar-refractivity contribution in [2.75, 3.05) is 33.3 Å². The van der Waals surface area contributed by atoms with Gasteiger partial charge >= 0.3 is 0 Å². The molecule has 0 saturated carbocycles. The zero-order valence-electron chi connectivity index (χ0n) is 17.2. The summed E-state index contributed by atoms with van der Waals surface area (Å²) in [7, 11) is 1.70. The van der Waals surface area contributed by atoms with Crippen LogP contribution >= 0.6 is 0 Å². The fourth-order valence-corrected chi connectivity index (χ4v) is 3.68. The molecule has 1 aromatic heterocycles. The number of furan rings is 1. The summed E-state index contributed by atoms with van der Waals surface area (Å²) in [5.74, 6) is 2.70. The first-order valence-corrected chi connectivity index (χ1v) is 10.1. The highest BCUT2D eigenvalue weighted by molar-refractivity contribution is 5.79. The first kappa shape index (κ1) is 20.3. The Bertz CT molecular complexity index is 752. The Morgan fingerprint density at radius 2 is 2.07 bits per heavy atom. The van der Waals surface area contributed by atoms with Crippen LogP contribution in [0.5, 0.6) is 5.75 Å². The van der Waals surface area contributed by atoms with Gasteiger partial charge < -0.3 is 19.8 Å². The third-order valence-electron chi connectivity index (χ3n) is 5.03. The minimum Gasteiger partial charge on any atom is -0.497 e. The van der Waals surface area contributed by atoms with Crippen LogP contribution in [0.15, 0.2) is 46.0 Å². The number of ether oxygens (including phenoxy) is 1. The van der Waals surface area contributed by atoms with Crippen molar-refractivity contribution in [1.29, 1.82) is 0 Å². The lowest BCUT2D eigenvalue weighted by molar-refractivity contribution is 0.215. The molecule has 152 valence electrons. The maximum atomic E-state index is 5.71. The zero-order valence-corrected chi connectivity index (χ0v) is 17.2. The van der Waals surface area contributed by atoms with Gasteiger partial charge in [0, 0.05) is 13.1 Å². The van der Waals surface area contributed by atoms with Crippen molar-refractivity contribution in [2.45, 2.75) is 39.3 Å². The van der Waals surface area contributed by atoms with E-state index in [4.69, 9.17) is 14.1 Å². The van der Waals surface area contributed by atoms with Crippen molar-refractivity contribution < 1.29 is 9.15 Å². The average Bonchev–Trinajstić information content (AvgIpc) is 3.40. The molecule has 6 heteroatoms. The number of guanidine groups is 1. The molecule has 0 aliphatic carbocycles. The molecule has 0 bridgehead atoms. The van der Waals surface area contributed by atoms with E-state index in [0.717, 1.165) is 49.2 Å². The second kappa shape index (κ2) is 10.2. The van der Waals surface area contributed by atoms with Gasteiger partial charge in [0.25, 0.3) is 0 Å². The van der Waals surface area contributed by atoms with Crippen molar-refractivity contribution in [3.63, 3.8) is 0 Å². The smallest absolute Gasteiger partial charge is 0.191 e. The quantitative estimate of drug-likeness (QED) is 0.539. The molecule has 3 rings (SSSR count). The SMILES string of the molecule is CCNC(=NCc1cc(C)cc(OC)c1)NCC(c1ccco1)N1CCCC1. The summed E-state index contributed by atoms with van der Waals surface area (Å²) in [6.45, 7) is 8.56. The average molecular weight is 385 g/mol. The Balaban J connectivity index is 1.67. The van der Waals surface area contributed by atoms with Crippen LogP contribution < -0.4 is 15.4 Å². The second-order valence-electron chi connectivity index (χ2n) is 7.21. The van der Waals surface area contributed by atoms with E-state index in [9.17, 15) is 0 Å². The molecule has 2 N–H and O–H groups in total. The van der Waals surface area contributed by atoms with Crippen molar-refractivity contribution in [3.8, 4) is 5.75 Å².